The molecular formula is C12H9F3N4O2. The maximum absolute atomic E-state index is 12.0. The van der Waals surface area contributed by atoms with Crippen molar-refractivity contribution in [1.29, 1.82) is 0 Å². The van der Waals surface area contributed by atoms with E-state index in [0.29, 0.717) is 0 Å². The van der Waals surface area contributed by atoms with Crippen molar-refractivity contribution in [3.63, 3.8) is 0 Å². The van der Waals surface area contributed by atoms with E-state index in [2.05, 4.69) is 20.0 Å². The van der Waals surface area contributed by atoms with Gasteiger partial charge in [0.2, 0.25) is 0 Å². The molecule has 1 aromatic carbocycles. The van der Waals surface area contributed by atoms with Gasteiger partial charge in [-0.25, -0.2) is 9.97 Å². The summed E-state index contributed by atoms with van der Waals surface area (Å²) in [7, 11) is 0. The van der Waals surface area contributed by atoms with Crippen molar-refractivity contribution in [2.24, 2.45) is 0 Å². The molecule has 0 aliphatic heterocycles. The Balaban J connectivity index is 2.03. The molecule has 3 N–H and O–H groups in total. The van der Waals surface area contributed by atoms with Crippen molar-refractivity contribution in [2.45, 2.75) is 6.36 Å². The van der Waals surface area contributed by atoms with Crippen LogP contribution in [0.1, 0.15) is 10.5 Å². The molecule has 1 aromatic heterocycles. The highest BCUT2D eigenvalue weighted by atomic mass is 19.4. The van der Waals surface area contributed by atoms with Crippen LogP contribution in [-0.4, -0.2) is 22.2 Å². The first-order valence-electron chi connectivity index (χ1n) is 5.58. The molecule has 2 rings (SSSR count). The average Bonchev–Trinajstić information content (AvgIpc) is 2.40. The lowest BCUT2D eigenvalue weighted by Gasteiger charge is -2.09. The maximum atomic E-state index is 12.0. The highest BCUT2D eigenvalue weighted by Crippen LogP contribution is 2.24. The smallest absolute Gasteiger partial charge is 0.406 e. The quantitative estimate of drug-likeness (QED) is 0.906. The summed E-state index contributed by atoms with van der Waals surface area (Å²) in [6.07, 6.45) is -2.36. The fourth-order valence-electron chi connectivity index (χ4n) is 1.39. The van der Waals surface area contributed by atoms with E-state index in [4.69, 9.17) is 5.73 Å². The van der Waals surface area contributed by atoms with Crippen molar-refractivity contribution in [2.75, 3.05) is 11.1 Å². The van der Waals surface area contributed by atoms with Gasteiger partial charge in [-0.1, -0.05) is 0 Å². The minimum absolute atomic E-state index is 0.0276. The summed E-state index contributed by atoms with van der Waals surface area (Å²) in [6, 6.07) is 4.70. The molecule has 6 nitrogen and oxygen atoms in total. The number of alkyl halides is 3. The van der Waals surface area contributed by atoms with Crippen molar-refractivity contribution in [1.82, 2.24) is 9.97 Å². The number of nitrogen functional groups attached to an aromatic ring is 1. The van der Waals surface area contributed by atoms with Gasteiger partial charge in [-0.05, 0) is 24.3 Å². The summed E-state index contributed by atoms with van der Waals surface area (Å²) >= 11 is 0. The molecule has 0 aliphatic carbocycles. The van der Waals surface area contributed by atoms with Gasteiger partial charge in [0, 0.05) is 5.69 Å². The third kappa shape index (κ3) is 4.34. The van der Waals surface area contributed by atoms with Gasteiger partial charge in [0.25, 0.3) is 5.91 Å². The molecule has 0 aliphatic rings. The monoisotopic (exact) mass is 298 g/mol. The average molecular weight is 298 g/mol. The van der Waals surface area contributed by atoms with Crippen molar-refractivity contribution >= 4 is 17.4 Å². The lowest BCUT2D eigenvalue weighted by molar-refractivity contribution is -0.274. The van der Waals surface area contributed by atoms with Gasteiger partial charge in [-0.2, -0.15) is 0 Å². The van der Waals surface area contributed by atoms with Gasteiger partial charge in [0.1, 0.15) is 17.3 Å². The van der Waals surface area contributed by atoms with Gasteiger partial charge < -0.3 is 15.8 Å². The van der Waals surface area contributed by atoms with E-state index < -0.39 is 12.3 Å². The Morgan fingerprint density at radius 1 is 1.14 bits per heavy atom. The Bertz CT molecular complexity index is 626. The van der Waals surface area contributed by atoms with Gasteiger partial charge in [0.15, 0.2) is 0 Å². The first kappa shape index (κ1) is 14.6. The lowest BCUT2D eigenvalue weighted by Crippen LogP contribution is -2.17. The third-order valence-corrected chi connectivity index (χ3v) is 2.25. The zero-order valence-electron chi connectivity index (χ0n) is 10.4. The second-order valence-electron chi connectivity index (χ2n) is 3.85. The molecule has 0 bridgehead atoms. The van der Waals surface area contributed by atoms with Gasteiger partial charge in [0.05, 0.1) is 12.4 Å². The Kier molecular flexibility index (Phi) is 3.92. The van der Waals surface area contributed by atoms with E-state index in [1.165, 1.54) is 24.5 Å². The summed E-state index contributed by atoms with van der Waals surface area (Å²) in [5.41, 5.74) is 5.65. The number of carbonyl (C=O) groups is 1. The first-order chi connectivity index (χ1) is 9.83. The topological polar surface area (TPSA) is 90.1 Å². The molecule has 0 saturated carbocycles. The van der Waals surface area contributed by atoms with Gasteiger partial charge in [-0.3, -0.25) is 4.79 Å². The number of aromatic nitrogens is 2. The zero-order chi connectivity index (χ0) is 15.5. The van der Waals surface area contributed by atoms with E-state index in [-0.39, 0.29) is 22.9 Å². The maximum Gasteiger partial charge on any atom is 0.573 e. The normalized spacial score (nSPS) is 11.0. The molecule has 21 heavy (non-hydrogen) atoms. The summed E-state index contributed by atoms with van der Waals surface area (Å²) in [5.74, 6) is -0.778. The number of hydrogen-bond donors (Lipinski definition) is 2. The van der Waals surface area contributed by atoms with Crippen molar-refractivity contribution in [3.05, 3.63) is 42.4 Å². The number of carbonyl (C=O) groups excluding carboxylic acids is 1. The van der Waals surface area contributed by atoms with Crippen LogP contribution in [0.25, 0.3) is 0 Å². The predicted octanol–water partition coefficient (Wildman–Crippen LogP) is 2.21. The standard InChI is InChI=1S/C12H9F3N4O2/c13-12(14,15)21-8-3-1-7(2-4-8)19-11(20)9-5-18-10(16)6-17-9/h1-6H,(H2,16,18)(H,19,20). The molecule has 0 fully saturated rings. The molecule has 0 radical (unpaired) electrons. The van der Waals surface area contributed by atoms with Crippen LogP contribution in [0, 0.1) is 0 Å². The number of nitrogens with one attached hydrogen (secondary N) is 1. The first-order valence-corrected chi connectivity index (χ1v) is 5.58. The lowest BCUT2D eigenvalue weighted by atomic mass is 10.3. The number of nitrogens with zero attached hydrogens (tertiary/aromatic N) is 2. The van der Waals surface area contributed by atoms with E-state index in [9.17, 15) is 18.0 Å². The minimum Gasteiger partial charge on any atom is -0.406 e. The SMILES string of the molecule is Nc1cnc(C(=O)Nc2ccc(OC(F)(F)F)cc2)cn1. The van der Waals surface area contributed by atoms with Crippen molar-refractivity contribution < 1.29 is 22.7 Å². The second kappa shape index (κ2) is 5.65. The van der Waals surface area contributed by atoms with Crippen LogP contribution in [-0.2, 0) is 0 Å². The number of hydrogen-bond acceptors (Lipinski definition) is 5. The molecule has 0 spiro atoms. The minimum atomic E-state index is -4.76. The number of benzene rings is 1. The molecule has 0 saturated heterocycles. The van der Waals surface area contributed by atoms with E-state index in [1.807, 2.05) is 0 Å². The molecule has 1 amide bonds. The number of anilines is 2. The van der Waals surface area contributed by atoms with Crippen LogP contribution in [0.15, 0.2) is 36.7 Å². The fourth-order valence-corrected chi connectivity index (χ4v) is 1.39. The highest BCUT2D eigenvalue weighted by Gasteiger charge is 2.30. The summed E-state index contributed by atoms with van der Waals surface area (Å²) < 4.78 is 39.7. The van der Waals surface area contributed by atoms with Crippen LogP contribution < -0.4 is 15.8 Å². The molecule has 1 heterocycles. The summed E-state index contributed by atoms with van der Waals surface area (Å²) in [4.78, 5) is 19.2. The third-order valence-electron chi connectivity index (χ3n) is 2.25. The summed E-state index contributed by atoms with van der Waals surface area (Å²) in [5, 5.41) is 2.45. The summed E-state index contributed by atoms with van der Waals surface area (Å²) in [6.45, 7) is 0. The van der Waals surface area contributed by atoms with Gasteiger partial charge in [-0.15, -0.1) is 13.2 Å². The fraction of sp³-hybridized carbons (Fsp3) is 0.0833. The molecule has 0 atom stereocenters. The Labute approximate surface area is 116 Å². The molecule has 2 aromatic rings. The molecular weight excluding hydrogens is 289 g/mol. The number of halogens is 3. The van der Waals surface area contributed by atoms with E-state index >= 15 is 0 Å². The van der Waals surface area contributed by atoms with Crippen LogP contribution >= 0.6 is 0 Å². The number of nitrogens with two attached hydrogens (primary N) is 1. The molecule has 0 unspecified atom stereocenters. The Morgan fingerprint density at radius 3 is 2.33 bits per heavy atom. The van der Waals surface area contributed by atoms with Crippen LogP contribution in [0.5, 0.6) is 5.75 Å². The van der Waals surface area contributed by atoms with Gasteiger partial charge >= 0.3 is 6.36 Å². The Hall–Kier alpha value is -2.84. The number of amides is 1. The molecule has 110 valence electrons. The second-order valence-corrected chi connectivity index (χ2v) is 3.85. The van der Waals surface area contributed by atoms with Crippen LogP contribution in [0.2, 0.25) is 0 Å². The van der Waals surface area contributed by atoms with E-state index in [0.717, 1.165) is 12.1 Å². The van der Waals surface area contributed by atoms with E-state index in [1.54, 1.807) is 0 Å². The van der Waals surface area contributed by atoms with Crippen LogP contribution in [0.4, 0.5) is 24.7 Å². The van der Waals surface area contributed by atoms with Crippen molar-refractivity contribution in [3.8, 4) is 5.75 Å². The van der Waals surface area contributed by atoms with Crippen LogP contribution in [0.3, 0.4) is 0 Å². The largest absolute Gasteiger partial charge is 0.573 e. The Morgan fingerprint density at radius 2 is 1.81 bits per heavy atom. The molecule has 9 heteroatoms. The zero-order valence-corrected chi connectivity index (χ0v) is 10.4. The highest BCUT2D eigenvalue weighted by molar-refractivity contribution is 6.02. The number of rotatable bonds is 3. The predicted molar refractivity (Wildman–Crippen MR) is 67.5 cm³/mol. The number of ether oxygens (including phenoxy) is 1.